The van der Waals surface area contributed by atoms with Gasteiger partial charge in [-0.2, -0.15) is 5.26 Å². The lowest BCUT2D eigenvalue weighted by Crippen LogP contribution is -2.26. The molecule has 0 radical (unpaired) electrons. The normalized spacial score (nSPS) is 11.2. The molecule has 0 aliphatic rings. The molecule has 1 heterocycles. The van der Waals surface area contributed by atoms with Crippen molar-refractivity contribution >= 4 is 0 Å². The number of nitriles is 1. The van der Waals surface area contributed by atoms with Crippen molar-refractivity contribution in [3.8, 4) is 6.07 Å². The molecule has 0 saturated carbocycles. The molecular formula is C9H12N2O. The summed E-state index contributed by atoms with van der Waals surface area (Å²) in [6.07, 6.45) is 1.79. The second kappa shape index (κ2) is 3.00. The number of rotatable bonds is 2. The van der Waals surface area contributed by atoms with Gasteiger partial charge in [-0.15, -0.1) is 0 Å². The second-order valence-corrected chi connectivity index (χ2v) is 3.45. The van der Waals surface area contributed by atoms with Crippen LogP contribution in [-0.4, -0.2) is 15.3 Å². The molecule has 0 atom stereocenters. The Morgan fingerprint density at radius 1 is 1.67 bits per heavy atom. The van der Waals surface area contributed by atoms with E-state index in [0.29, 0.717) is 12.2 Å². The average Bonchev–Trinajstić information content (AvgIpc) is 2.31. The molecule has 12 heavy (non-hydrogen) atoms. The van der Waals surface area contributed by atoms with Crippen molar-refractivity contribution in [3.63, 3.8) is 0 Å². The molecule has 0 aliphatic heterocycles. The maximum atomic E-state index is 9.48. The van der Waals surface area contributed by atoms with Crippen LogP contribution in [0.15, 0.2) is 18.3 Å². The highest BCUT2D eigenvalue weighted by Gasteiger charge is 2.14. The van der Waals surface area contributed by atoms with E-state index in [4.69, 9.17) is 5.26 Å². The van der Waals surface area contributed by atoms with E-state index in [2.05, 4.69) is 6.07 Å². The summed E-state index contributed by atoms with van der Waals surface area (Å²) in [5.74, 6) is 0. The number of hydrogen-bond acceptors (Lipinski definition) is 2. The summed E-state index contributed by atoms with van der Waals surface area (Å²) < 4.78 is 1.74. The second-order valence-electron chi connectivity index (χ2n) is 3.45. The minimum Gasteiger partial charge on any atom is -0.389 e. The first-order valence-corrected chi connectivity index (χ1v) is 3.80. The SMILES string of the molecule is CC(C)(O)Cn1cccc1C#N. The van der Waals surface area contributed by atoms with Crippen LogP contribution in [0.5, 0.6) is 0 Å². The Labute approximate surface area is 71.9 Å². The Balaban J connectivity index is 2.84. The first-order valence-electron chi connectivity index (χ1n) is 3.80. The van der Waals surface area contributed by atoms with Crippen molar-refractivity contribution in [2.75, 3.05) is 0 Å². The van der Waals surface area contributed by atoms with Crippen LogP contribution in [0.3, 0.4) is 0 Å². The van der Waals surface area contributed by atoms with Crippen LogP contribution in [0.4, 0.5) is 0 Å². The zero-order chi connectivity index (χ0) is 9.19. The zero-order valence-electron chi connectivity index (χ0n) is 7.28. The minimum atomic E-state index is -0.773. The number of hydrogen-bond donors (Lipinski definition) is 1. The molecule has 1 rings (SSSR count). The lowest BCUT2D eigenvalue weighted by atomic mass is 10.1. The maximum absolute atomic E-state index is 9.48. The van der Waals surface area contributed by atoms with Crippen LogP contribution in [0.2, 0.25) is 0 Å². The average molecular weight is 164 g/mol. The fourth-order valence-electron chi connectivity index (χ4n) is 1.07. The van der Waals surface area contributed by atoms with E-state index >= 15 is 0 Å². The molecule has 0 saturated heterocycles. The Morgan fingerprint density at radius 2 is 2.33 bits per heavy atom. The Hall–Kier alpha value is -1.27. The molecule has 1 aromatic heterocycles. The van der Waals surface area contributed by atoms with Crippen molar-refractivity contribution in [1.29, 1.82) is 5.26 Å². The predicted molar refractivity (Wildman–Crippen MR) is 45.4 cm³/mol. The van der Waals surface area contributed by atoms with Crippen LogP contribution >= 0.6 is 0 Å². The zero-order valence-corrected chi connectivity index (χ0v) is 7.28. The van der Waals surface area contributed by atoms with E-state index in [9.17, 15) is 5.11 Å². The number of aliphatic hydroxyl groups is 1. The molecule has 0 aromatic carbocycles. The summed E-state index contributed by atoms with van der Waals surface area (Å²) in [6.45, 7) is 3.88. The third-order valence-corrected chi connectivity index (χ3v) is 1.50. The van der Waals surface area contributed by atoms with Gasteiger partial charge >= 0.3 is 0 Å². The molecule has 0 amide bonds. The van der Waals surface area contributed by atoms with Gasteiger partial charge in [-0.25, -0.2) is 0 Å². The molecule has 0 aliphatic carbocycles. The highest BCUT2D eigenvalue weighted by molar-refractivity contribution is 5.22. The smallest absolute Gasteiger partial charge is 0.120 e. The summed E-state index contributed by atoms with van der Waals surface area (Å²) in [6, 6.07) is 5.57. The molecule has 1 N–H and O–H groups in total. The molecule has 0 spiro atoms. The van der Waals surface area contributed by atoms with Crippen molar-refractivity contribution in [3.05, 3.63) is 24.0 Å². The lowest BCUT2D eigenvalue weighted by molar-refractivity contribution is 0.0614. The van der Waals surface area contributed by atoms with Crippen LogP contribution in [0.25, 0.3) is 0 Å². The van der Waals surface area contributed by atoms with E-state index in [1.165, 1.54) is 0 Å². The van der Waals surface area contributed by atoms with E-state index in [-0.39, 0.29) is 0 Å². The van der Waals surface area contributed by atoms with Gasteiger partial charge in [-0.1, -0.05) is 0 Å². The van der Waals surface area contributed by atoms with Crippen molar-refractivity contribution < 1.29 is 5.11 Å². The van der Waals surface area contributed by atoms with Crippen LogP contribution in [0.1, 0.15) is 19.5 Å². The highest BCUT2D eigenvalue weighted by Crippen LogP contribution is 2.08. The van der Waals surface area contributed by atoms with E-state index < -0.39 is 5.60 Å². The summed E-state index contributed by atoms with van der Waals surface area (Å²) in [7, 11) is 0. The predicted octanol–water partition coefficient (Wildman–Crippen LogP) is 1.13. The highest BCUT2D eigenvalue weighted by atomic mass is 16.3. The third-order valence-electron chi connectivity index (χ3n) is 1.50. The van der Waals surface area contributed by atoms with Gasteiger partial charge in [0.1, 0.15) is 11.8 Å². The summed E-state index contributed by atoms with van der Waals surface area (Å²) in [5, 5.41) is 18.1. The van der Waals surface area contributed by atoms with Crippen molar-refractivity contribution in [2.45, 2.75) is 26.0 Å². The quantitative estimate of drug-likeness (QED) is 0.712. The van der Waals surface area contributed by atoms with Gasteiger partial charge < -0.3 is 9.67 Å². The first-order chi connectivity index (χ1) is 5.53. The summed E-state index contributed by atoms with van der Waals surface area (Å²) in [5.41, 5.74) is -0.193. The Bertz CT molecular complexity index is 301. The molecule has 64 valence electrons. The van der Waals surface area contributed by atoms with Gasteiger partial charge in [0.2, 0.25) is 0 Å². The van der Waals surface area contributed by atoms with Gasteiger partial charge in [-0.05, 0) is 26.0 Å². The molecule has 0 unspecified atom stereocenters. The topological polar surface area (TPSA) is 49.0 Å². The Kier molecular flexibility index (Phi) is 2.20. The number of aromatic nitrogens is 1. The standard InChI is InChI=1S/C9H12N2O/c1-9(2,12)7-11-5-3-4-8(11)6-10/h3-5,12H,7H2,1-2H3. The molecule has 3 nitrogen and oxygen atoms in total. The van der Waals surface area contributed by atoms with Gasteiger partial charge in [-0.3, -0.25) is 0 Å². The van der Waals surface area contributed by atoms with E-state index in [0.717, 1.165) is 0 Å². The molecule has 0 fully saturated rings. The monoisotopic (exact) mass is 164 g/mol. The van der Waals surface area contributed by atoms with E-state index in [1.54, 1.807) is 36.7 Å². The van der Waals surface area contributed by atoms with Crippen LogP contribution in [-0.2, 0) is 6.54 Å². The van der Waals surface area contributed by atoms with Crippen molar-refractivity contribution in [2.24, 2.45) is 0 Å². The first kappa shape index (κ1) is 8.82. The number of nitrogens with zero attached hydrogens (tertiary/aromatic N) is 2. The van der Waals surface area contributed by atoms with Gasteiger partial charge in [0.15, 0.2) is 0 Å². The van der Waals surface area contributed by atoms with Gasteiger partial charge in [0.05, 0.1) is 12.1 Å². The molecule has 1 aromatic rings. The molecular weight excluding hydrogens is 152 g/mol. The summed E-state index contributed by atoms with van der Waals surface area (Å²) in [4.78, 5) is 0. The largest absolute Gasteiger partial charge is 0.389 e. The Morgan fingerprint density at radius 3 is 2.83 bits per heavy atom. The maximum Gasteiger partial charge on any atom is 0.120 e. The van der Waals surface area contributed by atoms with Gasteiger partial charge in [0, 0.05) is 6.20 Å². The fourth-order valence-corrected chi connectivity index (χ4v) is 1.07. The van der Waals surface area contributed by atoms with Crippen LogP contribution < -0.4 is 0 Å². The third kappa shape index (κ3) is 2.11. The van der Waals surface area contributed by atoms with Crippen molar-refractivity contribution in [1.82, 2.24) is 4.57 Å². The summed E-state index contributed by atoms with van der Waals surface area (Å²) >= 11 is 0. The fraction of sp³-hybridized carbons (Fsp3) is 0.444. The molecule has 3 heteroatoms. The van der Waals surface area contributed by atoms with Gasteiger partial charge in [0.25, 0.3) is 0 Å². The molecule has 0 bridgehead atoms. The van der Waals surface area contributed by atoms with E-state index in [1.807, 2.05) is 0 Å². The van der Waals surface area contributed by atoms with Crippen LogP contribution in [0, 0.1) is 11.3 Å². The lowest BCUT2D eigenvalue weighted by Gasteiger charge is -2.18. The minimum absolute atomic E-state index is 0.447.